The zero-order valence-electron chi connectivity index (χ0n) is 16.0. The first-order valence-corrected chi connectivity index (χ1v) is 8.76. The summed E-state index contributed by atoms with van der Waals surface area (Å²) in [5, 5.41) is 2.73. The van der Waals surface area contributed by atoms with Gasteiger partial charge in [-0.05, 0) is 54.8 Å². The van der Waals surface area contributed by atoms with Crippen molar-refractivity contribution in [2.24, 2.45) is 0 Å². The normalized spacial score (nSPS) is 11.6. The molecule has 0 aliphatic rings. The fourth-order valence-electron chi connectivity index (χ4n) is 2.29. The molecule has 0 bridgehead atoms. The van der Waals surface area contributed by atoms with Gasteiger partial charge >= 0.3 is 5.97 Å². The second kappa shape index (κ2) is 9.62. The van der Waals surface area contributed by atoms with Gasteiger partial charge in [0.1, 0.15) is 11.5 Å². The Balaban J connectivity index is 1.79. The number of rotatable bonds is 8. The van der Waals surface area contributed by atoms with Gasteiger partial charge in [-0.1, -0.05) is 26.0 Å². The van der Waals surface area contributed by atoms with Gasteiger partial charge in [-0.25, -0.2) is 4.79 Å². The van der Waals surface area contributed by atoms with Crippen molar-refractivity contribution in [1.82, 2.24) is 0 Å². The van der Waals surface area contributed by atoms with Gasteiger partial charge in [-0.15, -0.1) is 0 Å². The first-order chi connectivity index (χ1) is 12.9. The Labute approximate surface area is 159 Å². The summed E-state index contributed by atoms with van der Waals surface area (Å²) in [7, 11) is 1.57. The lowest BCUT2D eigenvalue weighted by Gasteiger charge is -2.14. The number of amides is 1. The third-order valence-corrected chi connectivity index (χ3v) is 3.94. The molecule has 0 fully saturated rings. The first-order valence-electron chi connectivity index (χ1n) is 8.76. The number of nitrogens with one attached hydrogen (secondary N) is 1. The van der Waals surface area contributed by atoms with Gasteiger partial charge in [0.25, 0.3) is 5.91 Å². The standard InChI is InChI=1S/C21H25NO5/c1-14(2)16-5-7-17(8-6-16)22-21(24)15(3)27-20(23)13-26-19-11-9-18(25-4)10-12-19/h5-12,14-15H,13H2,1-4H3,(H,22,24)/t15-/m1/s1. The molecule has 0 spiro atoms. The lowest BCUT2D eigenvalue weighted by molar-refractivity contribution is -0.155. The predicted octanol–water partition coefficient (Wildman–Crippen LogP) is 3.77. The second-order valence-corrected chi connectivity index (χ2v) is 6.36. The molecule has 1 N–H and O–H groups in total. The van der Waals surface area contributed by atoms with E-state index < -0.39 is 18.0 Å². The summed E-state index contributed by atoms with van der Waals surface area (Å²) in [6.45, 7) is 5.43. The van der Waals surface area contributed by atoms with Crippen LogP contribution in [0.2, 0.25) is 0 Å². The van der Waals surface area contributed by atoms with Gasteiger partial charge in [0, 0.05) is 5.69 Å². The fourth-order valence-corrected chi connectivity index (χ4v) is 2.29. The maximum Gasteiger partial charge on any atom is 0.344 e. The van der Waals surface area contributed by atoms with Crippen LogP contribution in [0.3, 0.4) is 0 Å². The molecule has 0 unspecified atom stereocenters. The molecule has 2 aromatic carbocycles. The maximum absolute atomic E-state index is 12.2. The van der Waals surface area contributed by atoms with Crippen molar-refractivity contribution in [3.05, 3.63) is 54.1 Å². The Morgan fingerprint density at radius 2 is 1.52 bits per heavy atom. The molecular weight excluding hydrogens is 346 g/mol. The lowest BCUT2D eigenvalue weighted by Crippen LogP contribution is -2.31. The van der Waals surface area contributed by atoms with Gasteiger partial charge in [0.2, 0.25) is 0 Å². The number of carbonyl (C=O) groups excluding carboxylic acids is 2. The summed E-state index contributed by atoms with van der Waals surface area (Å²) in [5.41, 5.74) is 1.84. The van der Waals surface area contributed by atoms with E-state index in [1.54, 1.807) is 31.4 Å². The van der Waals surface area contributed by atoms with Crippen LogP contribution in [0.5, 0.6) is 11.5 Å². The molecule has 1 amide bonds. The van der Waals surface area contributed by atoms with E-state index in [1.807, 2.05) is 24.3 Å². The summed E-state index contributed by atoms with van der Waals surface area (Å²) in [6, 6.07) is 14.4. The van der Waals surface area contributed by atoms with Crippen LogP contribution in [0.1, 0.15) is 32.3 Å². The van der Waals surface area contributed by atoms with E-state index in [-0.39, 0.29) is 6.61 Å². The molecule has 2 aromatic rings. The van der Waals surface area contributed by atoms with Crippen molar-refractivity contribution in [1.29, 1.82) is 0 Å². The second-order valence-electron chi connectivity index (χ2n) is 6.36. The highest BCUT2D eigenvalue weighted by atomic mass is 16.6. The monoisotopic (exact) mass is 371 g/mol. The summed E-state index contributed by atoms with van der Waals surface area (Å²) in [5.74, 6) is 0.598. The third kappa shape index (κ3) is 6.33. The molecule has 144 valence electrons. The summed E-state index contributed by atoms with van der Waals surface area (Å²) >= 11 is 0. The topological polar surface area (TPSA) is 73.9 Å². The number of anilines is 1. The quantitative estimate of drug-likeness (QED) is 0.715. The van der Waals surface area contributed by atoms with Crippen LogP contribution >= 0.6 is 0 Å². The Bertz CT molecular complexity index is 753. The van der Waals surface area contributed by atoms with Crippen molar-refractivity contribution in [2.45, 2.75) is 32.8 Å². The van der Waals surface area contributed by atoms with Gasteiger partial charge in [0.05, 0.1) is 7.11 Å². The largest absolute Gasteiger partial charge is 0.497 e. The van der Waals surface area contributed by atoms with E-state index in [1.165, 1.54) is 12.5 Å². The minimum absolute atomic E-state index is 0.285. The van der Waals surface area contributed by atoms with Crippen LogP contribution in [0.4, 0.5) is 5.69 Å². The molecule has 0 heterocycles. The van der Waals surface area contributed by atoms with Gasteiger partial charge in [0.15, 0.2) is 12.7 Å². The molecule has 1 atom stereocenters. The molecule has 6 nitrogen and oxygen atoms in total. The van der Waals surface area contributed by atoms with Crippen LogP contribution in [0.15, 0.2) is 48.5 Å². The van der Waals surface area contributed by atoms with Gasteiger partial charge in [-0.2, -0.15) is 0 Å². The highest BCUT2D eigenvalue weighted by molar-refractivity contribution is 5.95. The molecule has 0 saturated carbocycles. The molecular formula is C21H25NO5. The molecule has 0 aromatic heterocycles. The van der Waals surface area contributed by atoms with Crippen molar-refractivity contribution in [2.75, 3.05) is 19.0 Å². The Kier molecular flexibility index (Phi) is 7.23. The lowest BCUT2D eigenvalue weighted by atomic mass is 10.0. The van der Waals surface area contributed by atoms with E-state index in [2.05, 4.69) is 19.2 Å². The smallest absolute Gasteiger partial charge is 0.344 e. The first kappa shape index (κ1) is 20.3. The number of benzene rings is 2. The number of methoxy groups -OCH3 is 1. The van der Waals surface area contributed by atoms with E-state index >= 15 is 0 Å². The fraction of sp³-hybridized carbons (Fsp3) is 0.333. The molecule has 0 saturated heterocycles. The van der Waals surface area contributed by atoms with E-state index in [9.17, 15) is 9.59 Å². The van der Waals surface area contributed by atoms with Crippen LogP contribution in [-0.2, 0) is 14.3 Å². The molecule has 6 heteroatoms. The number of esters is 1. The average molecular weight is 371 g/mol. The predicted molar refractivity (Wildman–Crippen MR) is 103 cm³/mol. The summed E-state index contributed by atoms with van der Waals surface area (Å²) < 4.78 is 15.5. The Morgan fingerprint density at radius 3 is 2.07 bits per heavy atom. The van der Waals surface area contributed by atoms with Crippen LogP contribution in [0, 0.1) is 0 Å². The van der Waals surface area contributed by atoms with Gasteiger partial charge < -0.3 is 19.5 Å². The molecule has 0 aliphatic carbocycles. The number of hydrogen-bond acceptors (Lipinski definition) is 5. The van der Waals surface area contributed by atoms with Gasteiger partial charge in [-0.3, -0.25) is 4.79 Å². The van der Waals surface area contributed by atoms with Crippen LogP contribution in [-0.4, -0.2) is 31.7 Å². The minimum atomic E-state index is -0.929. The highest BCUT2D eigenvalue weighted by Gasteiger charge is 2.18. The van der Waals surface area contributed by atoms with E-state index in [0.717, 1.165) is 0 Å². The third-order valence-electron chi connectivity index (χ3n) is 3.94. The Hall–Kier alpha value is -3.02. The molecule has 27 heavy (non-hydrogen) atoms. The number of carbonyl (C=O) groups is 2. The SMILES string of the molecule is COc1ccc(OCC(=O)O[C@H](C)C(=O)Nc2ccc(C(C)C)cc2)cc1. The summed E-state index contributed by atoms with van der Waals surface area (Å²) in [6.07, 6.45) is -0.929. The zero-order valence-corrected chi connectivity index (χ0v) is 16.0. The van der Waals surface area contributed by atoms with Crippen molar-refractivity contribution in [3.63, 3.8) is 0 Å². The average Bonchev–Trinajstić information content (AvgIpc) is 2.67. The van der Waals surface area contributed by atoms with E-state index in [0.29, 0.717) is 23.1 Å². The molecule has 0 radical (unpaired) electrons. The highest BCUT2D eigenvalue weighted by Crippen LogP contribution is 2.18. The number of hydrogen-bond donors (Lipinski definition) is 1. The summed E-state index contributed by atoms with van der Waals surface area (Å²) in [4.78, 5) is 24.0. The van der Waals surface area contributed by atoms with E-state index in [4.69, 9.17) is 14.2 Å². The molecule has 0 aliphatic heterocycles. The van der Waals surface area contributed by atoms with Crippen LogP contribution in [0.25, 0.3) is 0 Å². The van der Waals surface area contributed by atoms with Crippen molar-refractivity contribution < 1.29 is 23.8 Å². The number of ether oxygens (including phenoxy) is 3. The zero-order chi connectivity index (χ0) is 19.8. The van der Waals surface area contributed by atoms with Crippen LogP contribution < -0.4 is 14.8 Å². The van der Waals surface area contributed by atoms with Crippen molar-refractivity contribution in [3.8, 4) is 11.5 Å². The van der Waals surface area contributed by atoms with Crippen molar-refractivity contribution >= 4 is 17.6 Å². The molecule has 2 rings (SSSR count). The maximum atomic E-state index is 12.2. The minimum Gasteiger partial charge on any atom is -0.497 e. The Morgan fingerprint density at radius 1 is 0.926 bits per heavy atom.